The van der Waals surface area contributed by atoms with E-state index < -0.39 is 5.97 Å². The molecule has 0 spiro atoms. The molecule has 0 saturated heterocycles. The Morgan fingerprint density at radius 3 is 3.06 bits per heavy atom. The Morgan fingerprint density at radius 2 is 2.35 bits per heavy atom. The minimum atomic E-state index is -0.951. The lowest BCUT2D eigenvalue weighted by Crippen LogP contribution is -2.00. The van der Waals surface area contributed by atoms with Crippen molar-refractivity contribution in [1.29, 1.82) is 0 Å². The Balaban J connectivity index is 2.08. The van der Waals surface area contributed by atoms with Crippen molar-refractivity contribution in [2.75, 3.05) is 5.32 Å². The molecular formula is C11H9ClN2O3. The van der Waals surface area contributed by atoms with Crippen LogP contribution in [0.5, 0.6) is 0 Å². The lowest BCUT2D eigenvalue weighted by atomic mass is 10.3. The molecule has 0 aliphatic heterocycles. The topological polar surface area (TPSA) is 75.4 Å². The predicted octanol–water partition coefficient (Wildman–Crippen LogP) is 2.70. The summed E-state index contributed by atoms with van der Waals surface area (Å²) in [7, 11) is 0. The zero-order valence-electron chi connectivity index (χ0n) is 8.68. The first-order valence-electron chi connectivity index (χ1n) is 4.82. The van der Waals surface area contributed by atoms with Gasteiger partial charge in [-0.2, -0.15) is 4.98 Å². The van der Waals surface area contributed by atoms with Gasteiger partial charge in [-0.3, -0.25) is 4.79 Å². The van der Waals surface area contributed by atoms with E-state index in [-0.39, 0.29) is 12.4 Å². The van der Waals surface area contributed by atoms with Gasteiger partial charge in [-0.1, -0.05) is 17.7 Å². The fraction of sp³-hybridized carbons (Fsp3) is 0.0909. The Kier molecular flexibility index (Phi) is 3.30. The normalized spacial score (nSPS) is 10.2. The van der Waals surface area contributed by atoms with Gasteiger partial charge in [0, 0.05) is 10.7 Å². The van der Waals surface area contributed by atoms with Gasteiger partial charge in [-0.05, 0) is 18.2 Å². The fourth-order valence-corrected chi connectivity index (χ4v) is 1.48. The van der Waals surface area contributed by atoms with Crippen LogP contribution in [-0.4, -0.2) is 16.1 Å². The van der Waals surface area contributed by atoms with E-state index in [0.29, 0.717) is 10.7 Å². The van der Waals surface area contributed by atoms with Crippen LogP contribution < -0.4 is 5.32 Å². The van der Waals surface area contributed by atoms with Crippen molar-refractivity contribution in [3.05, 3.63) is 41.2 Å². The Bertz CT molecular complexity index is 539. The summed E-state index contributed by atoms with van der Waals surface area (Å²) < 4.78 is 5.08. The molecule has 17 heavy (non-hydrogen) atoms. The summed E-state index contributed by atoms with van der Waals surface area (Å²) in [5, 5.41) is 12.1. The summed E-state index contributed by atoms with van der Waals surface area (Å²) in [6.45, 7) is 0. The minimum Gasteiger partial charge on any atom is -0.481 e. The van der Waals surface area contributed by atoms with Crippen LogP contribution in [0.2, 0.25) is 5.02 Å². The number of carboxylic acid groups (broad SMARTS) is 1. The number of benzene rings is 1. The number of aromatic nitrogens is 1. The number of hydrogen-bond donors (Lipinski definition) is 2. The van der Waals surface area contributed by atoms with Crippen LogP contribution >= 0.6 is 11.6 Å². The van der Waals surface area contributed by atoms with E-state index in [1.54, 1.807) is 24.3 Å². The van der Waals surface area contributed by atoms with Crippen LogP contribution in [0.4, 0.5) is 11.7 Å². The smallest absolute Gasteiger partial charge is 0.309 e. The molecule has 0 fully saturated rings. The van der Waals surface area contributed by atoms with E-state index in [1.807, 2.05) is 0 Å². The molecule has 5 nitrogen and oxygen atoms in total. The second kappa shape index (κ2) is 4.88. The second-order valence-corrected chi connectivity index (χ2v) is 3.79. The maximum absolute atomic E-state index is 10.5. The first-order valence-corrected chi connectivity index (χ1v) is 5.20. The van der Waals surface area contributed by atoms with Gasteiger partial charge in [0.05, 0.1) is 12.1 Å². The first-order chi connectivity index (χ1) is 8.13. The monoisotopic (exact) mass is 252 g/mol. The molecular weight excluding hydrogens is 244 g/mol. The van der Waals surface area contributed by atoms with Gasteiger partial charge in [-0.15, -0.1) is 0 Å². The van der Waals surface area contributed by atoms with Crippen LogP contribution in [0.3, 0.4) is 0 Å². The summed E-state index contributed by atoms with van der Waals surface area (Å²) in [4.78, 5) is 14.4. The van der Waals surface area contributed by atoms with E-state index >= 15 is 0 Å². The third-order valence-corrected chi connectivity index (χ3v) is 2.20. The predicted molar refractivity (Wildman–Crippen MR) is 62.6 cm³/mol. The van der Waals surface area contributed by atoms with Gasteiger partial charge in [0.2, 0.25) is 0 Å². The average molecular weight is 253 g/mol. The molecule has 0 aliphatic carbocycles. The van der Waals surface area contributed by atoms with Crippen molar-refractivity contribution in [1.82, 2.24) is 4.98 Å². The highest BCUT2D eigenvalue weighted by Gasteiger charge is 2.07. The molecule has 0 atom stereocenters. The number of aliphatic carboxylic acids is 1. The summed E-state index contributed by atoms with van der Waals surface area (Å²) in [5.74, 6) is -0.951. The third-order valence-electron chi connectivity index (χ3n) is 1.96. The molecule has 2 rings (SSSR count). The molecule has 0 unspecified atom stereocenters. The third kappa shape index (κ3) is 3.22. The van der Waals surface area contributed by atoms with Crippen LogP contribution in [0.15, 0.2) is 34.9 Å². The highest BCUT2D eigenvalue weighted by molar-refractivity contribution is 6.30. The number of carbonyl (C=O) groups is 1. The Labute approximate surface area is 102 Å². The van der Waals surface area contributed by atoms with Gasteiger partial charge in [0.25, 0.3) is 6.01 Å². The molecule has 0 bridgehead atoms. The van der Waals surface area contributed by atoms with Crippen LogP contribution in [0.1, 0.15) is 5.69 Å². The van der Waals surface area contributed by atoms with Crippen LogP contribution in [0, 0.1) is 0 Å². The van der Waals surface area contributed by atoms with Gasteiger partial charge >= 0.3 is 5.97 Å². The number of halogens is 1. The minimum absolute atomic E-state index is 0.166. The van der Waals surface area contributed by atoms with Gasteiger partial charge in [-0.25, -0.2) is 0 Å². The second-order valence-electron chi connectivity index (χ2n) is 3.35. The maximum atomic E-state index is 10.5. The largest absolute Gasteiger partial charge is 0.481 e. The number of anilines is 2. The van der Waals surface area contributed by atoms with Crippen molar-refractivity contribution in [2.45, 2.75) is 6.42 Å². The summed E-state index contributed by atoms with van der Waals surface area (Å²) >= 11 is 5.82. The summed E-state index contributed by atoms with van der Waals surface area (Å²) in [5.41, 5.74) is 1.09. The number of nitrogens with zero attached hydrogens (tertiary/aromatic N) is 1. The van der Waals surface area contributed by atoms with Crippen molar-refractivity contribution < 1.29 is 14.3 Å². The van der Waals surface area contributed by atoms with Gasteiger partial charge in [0.15, 0.2) is 0 Å². The average Bonchev–Trinajstić information content (AvgIpc) is 2.64. The molecule has 0 amide bonds. The lowest BCUT2D eigenvalue weighted by Gasteiger charge is -2.00. The highest BCUT2D eigenvalue weighted by Crippen LogP contribution is 2.19. The van der Waals surface area contributed by atoms with E-state index in [0.717, 1.165) is 5.69 Å². The Hall–Kier alpha value is -2.01. The molecule has 0 saturated carbocycles. The van der Waals surface area contributed by atoms with E-state index in [9.17, 15) is 4.79 Å². The zero-order chi connectivity index (χ0) is 12.3. The quantitative estimate of drug-likeness (QED) is 0.875. The molecule has 1 heterocycles. The van der Waals surface area contributed by atoms with E-state index in [4.69, 9.17) is 21.1 Å². The number of hydrogen-bond acceptors (Lipinski definition) is 4. The molecule has 0 aliphatic rings. The number of nitrogens with one attached hydrogen (secondary N) is 1. The standard InChI is InChI=1S/C11H9ClN2O3/c12-7-2-1-3-8(4-7)13-11-14-9(6-17-11)5-10(15)16/h1-4,6H,5H2,(H,13,14)(H,15,16). The fourth-order valence-electron chi connectivity index (χ4n) is 1.29. The van der Waals surface area contributed by atoms with Crippen LogP contribution in [0.25, 0.3) is 0 Å². The van der Waals surface area contributed by atoms with Crippen molar-refractivity contribution in [3.63, 3.8) is 0 Å². The van der Waals surface area contributed by atoms with E-state index in [1.165, 1.54) is 6.26 Å². The summed E-state index contributed by atoms with van der Waals surface area (Å²) in [6, 6.07) is 7.28. The summed E-state index contributed by atoms with van der Waals surface area (Å²) in [6.07, 6.45) is 1.14. The molecule has 6 heteroatoms. The van der Waals surface area contributed by atoms with Crippen molar-refractivity contribution >= 4 is 29.3 Å². The molecule has 1 aromatic heterocycles. The van der Waals surface area contributed by atoms with Crippen LogP contribution in [-0.2, 0) is 11.2 Å². The lowest BCUT2D eigenvalue weighted by molar-refractivity contribution is -0.136. The van der Waals surface area contributed by atoms with Gasteiger partial charge in [0.1, 0.15) is 6.26 Å². The molecule has 2 aromatic rings. The SMILES string of the molecule is O=C(O)Cc1coc(Nc2cccc(Cl)c2)n1. The molecule has 2 N–H and O–H groups in total. The number of carboxylic acids is 1. The molecule has 88 valence electrons. The highest BCUT2D eigenvalue weighted by atomic mass is 35.5. The maximum Gasteiger partial charge on any atom is 0.309 e. The van der Waals surface area contributed by atoms with Crippen molar-refractivity contribution in [2.24, 2.45) is 0 Å². The Morgan fingerprint density at radius 1 is 1.53 bits per heavy atom. The number of oxazole rings is 1. The molecule has 1 aromatic carbocycles. The number of rotatable bonds is 4. The van der Waals surface area contributed by atoms with Gasteiger partial charge < -0.3 is 14.8 Å². The van der Waals surface area contributed by atoms with E-state index in [2.05, 4.69) is 10.3 Å². The first kappa shape index (κ1) is 11.5. The zero-order valence-corrected chi connectivity index (χ0v) is 9.44. The molecule has 0 radical (unpaired) electrons. The van der Waals surface area contributed by atoms with Crippen molar-refractivity contribution in [3.8, 4) is 0 Å².